The molecule has 0 fully saturated rings. The highest BCUT2D eigenvalue weighted by molar-refractivity contribution is 5.99. The summed E-state index contributed by atoms with van der Waals surface area (Å²) >= 11 is 0. The Bertz CT molecular complexity index is 622. The SMILES string of the molecule is CC(C)CCCCNC(=O)c1cc(N)c2ccccc2n1. The first-order valence-electron chi connectivity index (χ1n) is 7.51. The van der Waals surface area contributed by atoms with Crippen molar-refractivity contribution in [1.29, 1.82) is 0 Å². The van der Waals surface area contributed by atoms with Crippen molar-refractivity contribution in [1.82, 2.24) is 10.3 Å². The second-order valence-electron chi connectivity index (χ2n) is 5.76. The van der Waals surface area contributed by atoms with Crippen molar-refractivity contribution >= 4 is 22.5 Å². The number of rotatable bonds is 6. The van der Waals surface area contributed by atoms with E-state index in [0.29, 0.717) is 23.8 Å². The van der Waals surface area contributed by atoms with E-state index < -0.39 is 0 Å². The zero-order valence-electron chi connectivity index (χ0n) is 12.7. The molecule has 0 radical (unpaired) electrons. The van der Waals surface area contributed by atoms with Crippen LogP contribution in [0.1, 0.15) is 43.6 Å². The maximum absolute atomic E-state index is 12.1. The molecule has 0 aliphatic rings. The highest BCUT2D eigenvalue weighted by Gasteiger charge is 2.10. The monoisotopic (exact) mass is 285 g/mol. The molecule has 0 aliphatic carbocycles. The molecule has 1 aromatic carbocycles. The van der Waals surface area contributed by atoms with E-state index in [9.17, 15) is 4.79 Å². The lowest BCUT2D eigenvalue weighted by atomic mass is 10.1. The third-order valence-electron chi connectivity index (χ3n) is 3.47. The van der Waals surface area contributed by atoms with Crippen LogP contribution in [-0.4, -0.2) is 17.4 Å². The summed E-state index contributed by atoms with van der Waals surface area (Å²) in [5.41, 5.74) is 7.71. The smallest absolute Gasteiger partial charge is 0.269 e. The number of amides is 1. The van der Waals surface area contributed by atoms with Gasteiger partial charge in [-0.15, -0.1) is 0 Å². The molecule has 4 heteroatoms. The van der Waals surface area contributed by atoms with Crippen LogP contribution in [0.4, 0.5) is 5.69 Å². The highest BCUT2D eigenvalue weighted by Crippen LogP contribution is 2.19. The van der Waals surface area contributed by atoms with Crippen LogP contribution < -0.4 is 11.1 Å². The van der Waals surface area contributed by atoms with Crippen LogP contribution >= 0.6 is 0 Å². The first kappa shape index (κ1) is 15.3. The molecule has 0 aliphatic heterocycles. The summed E-state index contributed by atoms with van der Waals surface area (Å²) in [6.07, 6.45) is 3.31. The molecule has 0 spiro atoms. The number of hydrogen-bond donors (Lipinski definition) is 2. The number of pyridine rings is 1. The van der Waals surface area contributed by atoms with Crippen molar-refractivity contribution in [3.8, 4) is 0 Å². The fraction of sp³-hybridized carbons (Fsp3) is 0.412. The Kier molecular flexibility index (Phi) is 5.14. The Balaban J connectivity index is 1.96. The topological polar surface area (TPSA) is 68.0 Å². The fourth-order valence-corrected chi connectivity index (χ4v) is 2.29. The van der Waals surface area contributed by atoms with Gasteiger partial charge in [0.05, 0.1) is 5.52 Å². The summed E-state index contributed by atoms with van der Waals surface area (Å²) in [7, 11) is 0. The van der Waals surface area contributed by atoms with Gasteiger partial charge in [0, 0.05) is 17.6 Å². The number of nitrogens with one attached hydrogen (secondary N) is 1. The molecule has 2 rings (SSSR count). The van der Waals surface area contributed by atoms with Gasteiger partial charge in [-0.2, -0.15) is 0 Å². The number of nitrogen functional groups attached to an aromatic ring is 1. The number of para-hydroxylation sites is 1. The lowest BCUT2D eigenvalue weighted by molar-refractivity contribution is 0.0948. The number of fused-ring (bicyclic) bond motifs is 1. The van der Waals surface area contributed by atoms with Gasteiger partial charge in [0.15, 0.2) is 0 Å². The van der Waals surface area contributed by atoms with Crippen molar-refractivity contribution in [3.63, 3.8) is 0 Å². The largest absolute Gasteiger partial charge is 0.398 e. The third kappa shape index (κ3) is 4.18. The van der Waals surface area contributed by atoms with Crippen molar-refractivity contribution in [3.05, 3.63) is 36.0 Å². The third-order valence-corrected chi connectivity index (χ3v) is 3.47. The minimum absolute atomic E-state index is 0.156. The summed E-state index contributed by atoms with van der Waals surface area (Å²) < 4.78 is 0. The minimum Gasteiger partial charge on any atom is -0.398 e. The van der Waals surface area contributed by atoms with Gasteiger partial charge in [-0.05, 0) is 24.5 Å². The summed E-state index contributed by atoms with van der Waals surface area (Å²) in [6.45, 7) is 5.10. The first-order chi connectivity index (χ1) is 10.1. The number of aromatic nitrogens is 1. The molecule has 1 heterocycles. The Morgan fingerprint density at radius 1 is 1.29 bits per heavy atom. The summed E-state index contributed by atoms with van der Waals surface area (Å²) in [5, 5.41) is 3.79. The predicted molar refractivity (Wildman–Crippen MR) is 87.2 cm³/mol. The number of benzene rings is 1. The molecule has 0 saturated carbocycles. The summed E-state index contributed by atoms with van der Waals surface area (Å²) in [6, 6.07) is 9.22. The van der Waals surface area contributed by atoms with Gasteiger partial charge in [-0.3, -0.25) is 4.79 Å². The van der Waals surface area contributed by atoms with E-state index in [2.05, 4.69) is 24.1 Å². The van der Waals surface area contributed by atoms with Gasteiger partial charge in [0.25, 0.3) is 5.91 Å². The van der Waals surface area contributed by atoms with Gasteiger partial charge in [0.2, 0.25) is 0 Å². The number of unbranched alkanes of at least 4 members (excludes halogenated alkanes) is 1. The van der Waals surface area contributed by atoms with Crippen LogP contribution in [0.2, 0.25) is 0 Å². The molecule has 0 bridgehead atoms. The molecular weight excluding hydrogens is 262 g/mol. The van der Waals surface area contributed by atoms with Crippen LogP contribution in [0, 0.1) is 5.92 Å². The molecule has 0 unspecified atom stereocenters. The van der Waals surface area contributed by atoms with Gasteiger partial charge < -0.3 is 11.1 Å². The van der Waals surface area contributed by atoms with Crippen molar-refractivity contribution < 1.29 is 4.79 Å². The van der Waals surface area contributed by atoms with Crippen LogP contribution in [-0.2, 0) is 0 Å². The van der Waals surface area contributed by atoms with Crippen molar-refractivity contribution in [2.45, 2.75) is 33.1 Å². The van der Waals surface area contributed by atoms with Crippen LogP contribution in [0.3, 0.4) is 0 Å². The second kappa shape index (κ2) is 7.07. The van der Waals surface area contributed by atoms with Crippen LogP contribution in [0.15, 0.2) is 30.3 Å². The number of nitrogens with zero attached hydrogens (tertiary/aromatic N) is 1. The molecule has 1 amide bonds. The standard InChI is InChI=1S/C17H23N3O/c1-12(2)7-5-6-10-19-17(21)16-11-14(18)13-8-3-4-9-15(13)20-16/h3-4,8-9,11-12H,5-7,10H2,1-2H3,(H2,18,20)(H,19,21). The average molecular weight is 285 g/mol. The molecule has 21 heavy (non-hydrogen) atoms. The lowest BCUT2D eigenvalue weighted by Crippen LogP contribution is -2.25. The minimum atomic E-state index is -0.156. The maximum Gasteiger partial charge on any atom is 0.269 e. The van der Waals surface area contributed by atoms with E-state index in [1.165, 1.54) is 6.42 Å². The summed E-state index contributed by atoms with van der Waals surface area (Å²) in [5.74, 6) is 0.555. The van der Waals surface area contributed by atoms with E-state index in [1.807, 2.05) is 24.3 Å². The average Bonchev–Trinajstić information content (AvgIpc) is 2.46. The first-order valence-corrected chi connectivity index (χ1v) is 7.51. The number of carbonyl (C=O) groups is 1. The Labute approximate surface area is 125 Å². The van der Waals surface area contributed by atoms with Crippen molar-refractivity contribution in [2.24, 2.45) is 5.92 Å². The zero-order chi connectivity index (χ0) is 15.2. The Morgan fingerprint density at radius 2 is 2.05 bits per heavy atom. The normalized spacial score (nSPS) is 11.0. The van der Waals surface area contributed by atoms with E-state index in [0.717, 1.165) is 23.7 Å². The van der Waals surface area contributed by atoms with E-state index >= 15 is 0 Å². The Hall–Kier alpha value is -2.10. The Morgan fingerprint density at radius 3 is 2.81 bits per heavy atom. The number of hydrogen-bond acceptors (Lipinski definition) is 3. The van der Waals surface area contributed by atoms with Crippen LogP contribution in [0.5, 0.6) is 0 Å². The maximum atomic E-state index is 12.1. The zero-order valence-corrected chi connectivity index (χ0v) is 12.7. The number of anilines is 1. The summed E-state index contributed by atoms with van der Waals surface area (Å²) in [4.78, 5) is 16.5. The van der Waals surface area contributed by atoms with Gasteiger partial charge in [0.1, 0.15) is 5.69 Å². The van der Waals surface area contributed by atoms with Gasteiger partial charge >= 0.3 is 0 Å². The molecule has 3 N–H and O–H groups in total. The predicted octanol–water partition coefficient (Wildman–Crippen LogP) is 3.37. The van der Waals surface area contributed by atoms with E-state index in [-0.39, 0.29) is 5.91 Å². The second-order valence-corrected chi connectivity index (χ2v) is 5.76. The van der Waals surface area contributed by atoms with Crippen molar-refractivity contribution in [2.75, 3.05) is 12.3 Å². The lowest BCUT2D eigenvalue weighted by Gasteiger charge is -2.08. The molecule has 4 nitrogen and oxygen atoms in total. The fourth-order valence-electron chi connectivity index (χ4n) is 2.29. The molecule has 1 aromatic heterocycles. The van der Waals surface area contributed by atoms with Gasteiger partial charge in [-0.1, -0.05) is 44.9 Å². The number of nitrogens with two attached hydrogens (primary N) is 1. The number of carbonyl (C=O) groups excluding carboxylic acids is 1. The quantitative estimate of drug-likeness (QED) is 0.799. The molecule has 0 atom stereocenters. The molecule has 2 aromatic rings. The van der Waals surface area contributed by atoms with E-state index in [4.69, 9.17) is 5.73 Å². The molecular formula is C17H23N3O. The van der Waals surface area contributed by atoms with E-state index in [1.54, 1.807) is 6.07 Å². The highest BCUT2D eigenvalue weighted by atomic mass is 16.1. The molecule has 112 valence electrons. The van der Waals surface area contributed by atoms with Crippen LogP contribution in [0.25, 0.3) is 10.9 Å². The van der Waals surface area contributed by atoms with Gasteiger partial charge in [-0.25, -0.2) is 4.98 Å². The molecule has 0 saturated heterocycles.